The molecule has 5 heteroatoms. The lowest BCUT2D eigenvalue weighted by atomic mass is 9.92. The van der Waals surface area contributed by atoms with E-state index in [2.05, 4.69) is 36.7 Å². The van der Waals surface area contributed by atoms with Crippen LogP contribution in [0.3, 0.4) is 0 Å². The highest BCUT2D eigenvalue weighted by atomic mass is 79.9. The van der Waals surface area contributed by atoms with E-state index >= 15 is 0 Å². The van der Waals surface area contributed by atoms with Crippen molar-refractivity contribution in [3.8, 4) is 0 Å². The van der Waals surface area contributed by atoms with E-state index in [4.69, 9.17) is 0 Å². The Hall–Kier alpha value is -0.390. The number of halogens is 1. The van der Waals surface area contributed by atoms with Crippen LogP contribution in [0.15, 0.2) is 33.6 Å². The molecule has 0 saturated carbocycles. The van der Waals surface area contributed by atoms with Crippen LogP contribution in [0.2, 0.25) is 0 Å². The van der Waals surface area contributed by atoms with Crippen molar-refractivity contribution in [1.29, 1.82) is 0 Å². The highest BCUT2D eigenvalue weighted by molar-refractivity contribution is 9.10. The van der Waals surface area contributed by atoms with Gasteiger partial charge >= 0.3 is 0 Å². The molecule has 1 rings (SSSR count). The molecule has 0 atom stereocenters. The zero-order valence-electron chi connectivity index (χ0n) is 11.3. The largest absolute Gasteiger partial charge is 0.243 e. The predicted molar refractivity (Wildman–Crippen MR) is 78.0 cm³/mol. The summed E-state index contributed by atoms with van der Waals surface area (Å²) < 4.78 is 26.8. The maximum atomic E-state index is 12.4. The molecular formula is C13H20BrNO2S. The van der Waals surface area contributed by atoms with Crippen LogP contribution in [0.1, 0.15) is 27.2 Å². The van der Waals surface area contributed by atoms with E-state index in [1.54, 1.807) is 31.3 Å². The Bertz CT molecular complexity index is 506. The minimum Gasteiger partial charge on any atom is -0.207 e. The van der Waals surface area contributed by atoms with Crippen molar-refractivity contribution < 1.29 is 8.42 Å². The van der Waals surface area contributed by atoms with E-state index in [1.165, 1.54) is 4.31 Å². The molecule has 0 aromatic heterocycles. The van der Waals surface area contributed by atoms with E-state index in [-0.39, 0.29) is 5.41 Å². The van der Waals surface area contributed by atoms with E-state index in [1.807, 2.05) is 0 Å². The summed E-state index contributed by atoms with van der Waals surface area (Å²) >= 11 is 3.29. The second kappa shape index (κ2) is 5.72. The molecule has 3 nitrogen and oxygen atoms in total. The molecule has 0 aliphatic rings. The van der Waals surface area contributed by atoms with E-state index < -0.39 is 10.0 Å². The highest BCUT2D eigenvalue weighted by Crippen LogP contribution is 2.25. The topological polar surface area (TPSA) is 37.4 Å². The van der Waals surface area contributed by atoms with Crippen molar-refractivity contribution in [3.05, 3.63) is 28.7 Å². The minimum absolute atomic E-state index is 0.123. The standard InChI is InChI=1S/C13H20BrNO2S/c1-13(2,3)9-10-15(4)18(16,17)12-8-6-5-7-11(12)14/h5-8H,9-10H2,1-4H3. The molecular weight excluding hydrogens is 314 g/mol. The van der Waals surface area contributed by atoms with Gasteiger partial charge in [-0.3, -0.25) is 0 Å². The Morgan fingerprint density at radius 1 is 1.22 bits per heavy atom. The van der Waals surface area contributed by atoms with E-state index in [0.29, 0.717) is 15.9 Å². The Kier molecular flexibility index (Phi) is 4.98. The zero-order valence-corrected chi connectivity index (χ0v) is 13.7. The van der Waals surface area contributed by atoms with E-state index in [9.17, 15) is 8.42 Å². The fraction of sp³-hybridized carbons (Fsp3) is 0.538. The summed E-state index contributed by atoms with van der Waals surface area (Å²) in [5, 5.41) is 0. The predicted octanol–water partition coefficient (Wildman–Crippen LogP) is 3.51. The first-order valence-electron chi connectivity index (χ1n) is 5.85. The van der Waals surface area contributed by atoms with Gasteiger partial charge in [0.05, 0.1) is 4.90 Å². The van der Waals surface area contributed by atoms with Gasteiger partial charge in [0.1, 0.15) is 0 Å². The molecule has 0 aliphatic heterocycles. The number of sulfonamides is 1. The molecule has 0 unspecified atom stereocenters. The molecule has 18 heavy (non-hydrogen) atoms. The third-order valence-electron chi connectivity index (χ3n) is 2.70. The van der Waals surface area contributed by atoms with Gasteiger partial charge in [-0.15, -0.1) is 0 Å². The van der Waals surface area contributed by atoms with Crippen molar-refractivity contribution in [2.45, 2.75) is 32.1 Å². The molecule has 0 spiro atoms. The van der Waals surface area contributed by atoms with Gasteiger partial charge in [-0.05, 0) is 39.9 Å². The number of nitrogens with zero attached hydrogens (tertiary/aromatic N) is 1. The first kappa shape index (κ1) is 15.7. The van der Waals surface area contributed by atoms with Gasteiger partial charge in [-0.25, -0.2) is 12.7 Å². The number of benzene rings is 1. The monoisotopic (exact) mass is 333 g/mol. The van der Waals surface area contributed by atoms with Crippen LogP contribution in [-0.2, 0) is 10.0 Å². The van der Waals surface area contributed by atoms with Crippen LogP contribution in [0.4, 0.5) is 0 Å². The van der Waals surface area contributed by atoms with Gasteiger partial charge in [-0.2, -0.15) is 0 Å². The van der Waals surface area contributed by atoms with Gasteiger partial charge in [0.15, 0.2) is 0 Å². The molecule has 0 heterocycles. The Morgan fingerprint density at radius 2 is 1.78 bits per heavy atom. The number of hydrogen-bond acceptors (Lipinski definition) is 2. The maximum Gasteiger partial charge on any atom is 0.243 e. The molecule has 1 aromatic rings. The molecule has 0 bridgehead atoms. The average Bonchev–Trinajstić information content (AvgIpc) is 2.25. The smallest absolute Gasteiger partial charge is 0.207 e. The lowest BCUT2D eigenvalue weighted by Crippen LogP contribution is -2.30. The molecule has 0 amide bonds. The summed E-state index contributed by atoms with van der Waals surface area (Å²) in [5.74, 6) is 0. The molecule has 0 fully saturated rings. The van der Waals surface area contributed by atoms with Crippen LogP contribution in [0.5, 0.6) is 0 Å². The van der Waals surface area contributed by atoms with Crippen molar-refractivity contribution in [3.63, 3.8) is 0 Å². The fourth-order valence-corrected chi connectivity index (χ4v) is 3.57. The van der Waals surface area contributed by atoms with Gasteiger partial charge in [0, 0.05) is 18.1 Å². The Labute approximate surface area is 118 Å². The highest BCUT2D eigenvalue weighted by Gasteiger charge is 2.24. The first-order chi connectivity index (χ1) is 8.14. The summed E-state index contributed by atoms with van der Waals surface area (Å²) in [4.78, 5) is 0.321. The van der Waals surface area contributed by atoms with Crippen LogP contribution < -0.4 is 0 Å². The summed E-state index contributed by atoms with van der Waals surface area (Å²) in [6.45, 7) is 6.83. The summed E-state index contributed by atoms with van der Waals surface area (Å²) in [6.07, 6.45) is 0.827. The normalized spacial score (nSPS) is 13.0. The molecule has 0 aliphatic carbocycles. The molecule has 0 radical (unpaired) electrons. The van der Waals surface area contributed by atoms with Crippen molar-refractivity contribution in [2.24, 2.45) is 5.41 Å². The van der Waals surface area contributed by atoms with E-state index in [0.717, 1.165) is 6.42 Å². The average molecular weight is 334 g/mol. The number of hydrogen-bond donors (Lipinski definition) is 0. The third-order valence-corrected chi connectivity index (χ3v) is 5.57. The van der Waals surface area contributed by atoms with Crippen LogP contribution >= 0.6 is 15.9 Å². The fourth-order valence-electron chi connectivity index (χ4n) is 1.43. The first-order valence-corrected chi connectivity index (χ1v) is 8.09. The second-order valence-electron chi connectivity index (χ2n) is 5.57. The van der Waals surface area contributed by atoms with Crippen LogP contribution in [0.25, 0.3) is 0 Å². The quantitative estimate of drug-likeness (QED) is 0.845. The summed E-state index contributed by atoms with van der Waals surface area (Å²) in [5.41, 5.74) is 0.123. The van der Waals surface area contributed by atoms with Crippen molar-refractivity contribution >= 4 is 26.0 Å². The Balaban J connectivity index is 2.91. The van der Waals surface area contributed by atoms with Crippen molar-refractivity contribution in [1.82, 2.24) is 4.31 Å². The van der Waals surface area contributed by atoms with Gasteiger partial charge in [0.25, 0.3) is 0 Å². The lowest BCUT2D eigenvalue weighted by Gasteiger charge is -2.23. The van der Waals surface area contributed by atoms with Gasteiger partial charge in [-0.1, -0.05) is 32.9 Å². The molecule has 0 saturated heterocycles. The minimum atomic E-state index is -3.41. The second-order valence-corrected chi connectivity index (χ2v) is 8.44. The Morgan fingerprint density at radius 3 is 2.28 bits per heavy atom. The van der Waals surface area contributed by atoms with Crippen LogP contribution in [0, 0.1) is 5.41 Å². The van der Waals surface area contributed by atoms with Crippen molar-refractivity contribution in [2.75, 3.05) is 13.6 Å². The molecule has 1 aromatic carbocycles. The lowest BCUT2D eigenvalue weighted by molar-refractivity contribution is 0.331. The van der Waals surface area contributed by atoms with Gasteiger partial charge < -0.3 is 0 Å². The van der Waals surface area contributed by atoms with Crippen LogP contribution in [-0.4, -0.2) is 26.3 Å². The third kappa shape index (κ3) is 4.07. The zero-order chi connectivity index (χ0) is 14.0. The maximum absolute atomic E-state index is 12.4. The van der Waals surface area contributed by atoms with Gasteiger partial charge in [0.2, 0.25) is 10.0 Å². The summed E-state index contributed by atoms with van der Waals surface area (Å²) in [6, 6.07) is 6.89. The molecule has 0 N–H and O–H groups in total. The summed E-state index contributed by atoms with van der Waals surface area (Å²) in [7, 11) is -1.78. The SMILES string of the molecule is CN(CCC(C)(C)C)S(=O)(=O)c1ccccc1Br. The number of rotatable bonds is 4. The molecule has 102 valence electrons.